The number of sulfonamides is 1. The van der Waals surface area contributed by atoms with Crippen LogP contribution in [0, 0.1) is 0 Å². The lowest BCUT2D eigenvalue weighted by Gasteiger charge is -2.14. The summed E-state index contributed by atoms with van der Waals surface area (Å²) < 4.78 is 32.9. The number of rotatable bonds is 7. The third kappa shape index (κ3) is 4.36. The van der Waals surface area contributed by atoms with Gasteiger partial charge in [-0.25, -0.2) is 13.1 Å². The highest BCUT2D eigenvalue weighted by molar-refractivity contribution is 7.89. The maximum absolute atomic E-state index is 12.3. The molecule has 0 amide bonds. The molecule has 1 heterocycles. The average Bonchev–Trinajstić information content (AvgIpc) is 3.27. The molecule has 1 aromatic carbocycles. The number of benzene rings is 1. The highest BCUT2D eigenvalue weighted by Gasteiger charge is 2.19. The van der Waals surface area contributed by atoms with E-state index in [-0.39, 0.29) is 17.5 Å². The van der Waals surface area contributed by atoms with Crippen LogP contribution in [-0.2, 0) is 10.0 Å². The second kappa shape index (κ2) is 7.65. The van der Waals surface area contributed by atoms with E-state index in [1.54, 1.807) is 18.2 Å². The second-order valence-corrected chi connectivity index (χ2v) is 8.63. The van der Waals surface area contributed by atoms with Crippen molar-refractivity contribution in [1.82, 2.24) is 4.72 Å². The Bertz CT molecular complexity index is 735. The lowest BCUT2D eigenvalue weighted by atomic mass is 10.3. The molecule has 2 aromatic rings. The summed E-state index contributed by atoms with van der Waals surface area (Å²) in [6, 6.07) is 10.0. The zero-order valence-electron chi connectivity index (χ0n) is 13.2. The molecule has 1 aromatic heterocycles. The van der Waals surface area contributed by atoms with Gasteiger partial charge in [0.25, 0.3) is 0 Å². The highest BCUT2D eigenvalue weighted by atomic mass is 32.2. The van der Waals surface area contributed by atoms with Gasteiger partial charge in [0, 0.05) is 11.4 Å². The first-order valence-electron chi connectivity index (χ1n) is 8.02. The minimum absolute atomic E-state index is 0.0524. The standard InChI is InChI=1S/C17H21NO4S2/c19-16(17-6-3-11-23-17)12-18-24(20,21)15-9-7-14(8-10-15)22-13-4-1-2-5-13/h3,6-11,13,16,18-19H,1-2,4-5,12H2. The molecule has 1 atom stereocenters. The number of aliphatic hydroxyl groups is 1. The highest BCUT2D eigenvalue weighted by Crippen LogP contribution is 2.25. The maximum atomic E-state index is 12.3. The van der Waals surface area contributed by atoms with Crippen molar-refractivity contribution in [2.75, 3.05) is 6.54 Å². The predicted molar refractivity (Wildman–Crippen MR) is 93.8 cm³/mol. The van der Waals surface area contributed by atoms with Gasteiger partial charge < -0.3 is 9.84 Å². The summed E-state index contributed by atoms with van der Waals surface area (Å²) in [6.07, 6.45) is 3.89. The molecule has 24 heavy (non-hydrogen) atoms. The Labute approximate surface area is 146 Å². The lowest BCUT2D eigenvalue weighted by Crippen LogP contribution is -2.28. The fraction of sp³-hybridized carbons (Fsp3) is 0.412. The van der Waals surface area contributed by atoms with Gasteiger partial charge in [0.15, 0.2) is 0 Å². The molecule has 0 saturated heterocycles. The van der Waals surface area contributed by atoms with E-state index in [0.29, 0.717) is 5.75 Å². The van der Waals surface area contributed by atoms with Gasteiger partial charge in [-0.3, -0.25) is 0 Å². The third-order valence-electron chi connectivity index (χ3n) is 4.08. The van der Waals surface area contributed by atoms with Gasteiger partial charge in [-0.05, 0) is 61.4 Å². The maximum Gasteiger partial charge on any atom is 0.240 e. The van der Waals surface area contributed by atoms with Crippen molar-refractivity contribution in [3.05, 3.63) is 46.7 Å². The zero-order valence-corrected chi connectivity index (χ0v) is 14.9. The SMILES string of the molecule is O=S(=O)(NCC(O)c1cccs1)c1ccc(OC2CCCC2)cc1. The van der Waals surface area contributed by atoms with Crippen molar-refractivity contribution in [2.45, 2.75) is 42.8 Å². The van der Waals surface area contributed by atoms with Crippen molar-refractivity contribution < 1.29 is 18.3 Å². The normalized spacial score (nSPS) is 17.0. The molecule has 1 saturated carbocycles. The van der Waals surface area contributed by atoms with Crippen LogP contribution in [0.1, 0.15) is 36.7 Å². The quantitative estimate of drug-likeness (QED) is 0.788. The molecule has 0 aliphatic heterocycles. The van der Waals surface area contributed by atoms with Crippen LogP contribution in [0.15, 0.2) is 46.7 Å². The van der Waals surface area contributed by atoms with E-state index in [4.69, 9.17) is 4.74 Å². The van der Waals surface area contributed by atoms with Crippen molar-refractivity contribution in [2.24, 2.45) is 0 Å². The number of ether oxygens (including phenoxy) is 1. The van der Waals surface area contributed by atoms with E-state index in [1.807, 2.05) is 11.4 Å². The van der Waals surface area contributed by atoms with Crippen LogP contribution in [0.2, 0.25) is 0 Å². The molecular formula is C17H21NO4S2. The summed E-state index contributed by atoms with van der Waals surface area (Å²) >= 11 is 1.39. The Morgan fingerprint density at radius 1 is 1.21 bits per heavy atom. The minimum atomic E-state index is -3.65. The summed E-state index contributed by atoms with van der Waals surface area (Å²) in [4.78, 5) is 0.901. The first-order chi connectivity index (χ1) is 11.5. The van der Waals surface area contributed by atoms with Gasteiger partial charge >= 0.3 is 0 Å². The van der Waals surface area contributed by atoms with E-state index >= 15 is 0 Å². The van der Waals surface area contributed by atoms with Crippen LogP contribution in [0.5, 0.6) is 5.75 Å². The number of thiophene rings is 1. The van der Waals surface area contributed by atoms with Crippen molar-refractivity contribution in [1.29, 1.82) is 0 Å². The van der Waals surface area contributed by atoms with Crippen LogP contribution in [-0.4, -0.2) is 26.2 Å². The fourth-order valence-corrected chi connectivity index (χ4v) is 4.50. The van der Waals surface area contributed by atoms with Gasteiger partial charge in [0.1, 0.15) is 11.9 Å². The van der Waals surface area contributed by atoms with Gasteiger partial charge in [0.2, 0.25) is 10.0 Å². The van der Waals surface area contributed by atoms with Gasteiger partial charge in [-0.1, -0.05) is 6.07 Å². The molecule has 1 fully saturated rings. The molecular weight excluding hydrogens is 346 g/mol. The molecule has 5 nitrogen and oxygen atoms in total. The molecule has 0 bridgehead atoms. The van der Waals surface area contributed by atoms with Crippen LogP contribution in [0.25, 0.3) is 0 Å². The average molecular weight is 367 g/mol. The fourth-order valence-electron chi connectivity index (χ4n) is 2.75. The Hall–Kier alpha value is -1.41. The molecule has 3 rings (SSSR count). The monoisotopic (exact) mass is 367 g/mol. The summed E-state index contributed by atoms with van der Waals surface area (Å²) in [6.45, 7) is -0.0524. The molecule has 130 valence electrons. The van der Waals surface area contributed by atoms with E-state index in [2.05, 4.69) is 4.72 Å². The van der Waals surface area contributed by atoms with E-state index in [1.165, 1.54) is 36.3 Å². The Morgan fingerprint density at radius 3 is 2.54 bits per heavy atom. The Morgan fingerprint density at radius 2 is 1.92 bits per heavy atom. The van der Waals surface area contributed by atoms with Gasteiger partial charge in [-0.15, -0.1) is 11.3 Å². The van der Waals surface area contributed by atoms with Gasteiger partial charge in [0.05, 0.1) is 11.0 Å². The zero-order chi connectivity index (χ0) is 17.0. The van der Waals surface area contributed by atoms with E-state index in [9.17, 15) is 13.5 Å². The molecule has 0 spiro atoms. The molecule has 7 heteroatoms. The summed E-state index contributed by atoms with van der Waals surface area (Å²) in [5.41, 5.74) is 0. The number of hydrogen-bond acceptors (Lipinski definition) is 5. The number of hydrogen-bond donors (Lipinski definition) is 2. The topological polar surface area (TPSA) is 75.6 Å². The summed E-state index contributed by atoms with van der Waals surface area (Å²) in [5.74, 6) is 0.694. The van der Waals surface area contributed by atoms with Crippen molar-refractivity contribution in [3.63, 3.8) is 0 Å². The largest absolute Gasteiger partial charge is 0.490 e. The van der Waals surface area contributed by atoms with Gasteiger partial charge in [-0.2, -0.15) is 0 Å². The number of aliphatic hydroxyl groups excluding tert-OH is 1. The van der Waals surface area contributed by atoms with E-state index < -0.39 is 16.1 Å². The molecule has 1 aliphatic rings. The molecule has 1 unspecified atom stereocenters. The molecule has 0 radical (unpaired) electrons. The van der Waals surface area contributed by atoms with Crippen molar-refractivity contribution >= 4 is 21.4 Å². The molecule has 2 N–H and O–H groups in total. The summed E-state index contributed by atoms with van der Waals surface area (Å²) in [7, 11) is -3.65. The molecule has 1 aliphatic carbocycles. The number of nitrogens with one attached hydrogen (secondary N) is 1. The van der Waals surface area contributed by atoms with E-state index in [0.717, 1.165) is 17.7 Å². The predicted octanol–water partition coefficient (Wildman–Crippen LogP) is 3.08. The smallest absolute Gasteiger partial charge is 0.240 e. The van der Waals surface area contributed by atoms with Crippen molar-refractivity contribution in [3.8, 4) is 5.75 Å². The minimum Gasteiger partial charge on any atom is -0.490 e. The first kappa shape index (κ1) is 17.4. The third-order valence-corrected chi connectivity index (χ3v) is 6.49. The van der Waals surface area contributed by atoms with Crippen LogP contribution in [0.4, 0.5) is 0 Å². The lowest BCUT2D eigenvalue weighted by molar-refractivity contribution is 0.185. The Balaban J connectivity index is 1.59. The summed E-state index contributed by atoms with van der Waals surface area (Å²) in [5, 5.41) is 11.8. The van der Waals surface area contributed by atoms with Crippen LogP contribution < -0.4 is 9.46 Å². The second-order valence-electron chi connectivity index (χ2n) is 5.88. The first-order valence-corrected chi connectivity index (χ1v) is 10.4. The Kier molecular flexibility index (Phi) is 5.55. The van der Waals surface area contributed by atoms with Crippen LogP contribution >= 0.6 is 11.3 Å². The van der Waals surface area contributed by atoms with Crippen LogP contribution in [0.3, 0.4) is 0 Å².